The highest BCUT2D eigenvalue weighted by molar-refractivity contribution is 6.01. The van der Waals surface area contributed by atoms with Crippen molar-refractivity contribution in [2.45, 2.75) is 12.8 Å². The maximum Gasteiger partial charge on any atom is 0.128 e. The summed E-state index contributed by atoms with van der Waals surface area (Å²) in [5.41, 5.74) is 8.36. The zero-order valence-corrected chi connectivity index (χ0v) is 22.4. The molecule has 3 aromatic carbocycles. The lowest BCUT2D eigenvalue weighted by Crippen LogP contribution is -2.33. The molecule has 7 rings (SSSR count). The average Bonchev–Trinajstić information content (AvgIpc) is 3.65. The van der Waals surface area contributed by atoms with Gasteiger partial charge in [0.25, 0.3) is 0 Å². The number of rotatable bonds is 4. The van der Waals surface area contributed by atoms with E-state index in [1.807, 2.05) is 0 Å². The molecule has 0 bridgehead atoms. The van der Waals surface area contributed by atoms with E-state index in [4.69, 9.17) is 10.8 Å². The first kappa shape index (κ1) is 24.2. The number of amidine groups is 2. The quantitative estimate of drug-likeness (QED) is 0.114. The van der Waals surface area contributed by atoms with Crippen LogP contribution in [0.5, 0.6) is 0 Å². The van der Waals surface area contributed by atoms with Gasteiger partial charge >= 0.3 is 0 Å². The molecule has 4 N–H and O–H groups in total. The Morgan fingerprint density at radius 3 is 1.40 bits per heavy atom. The minimum Gasteiger partial charge on any atom is -0.355 e. The third-order valence-corrected chi connectivity index (χ3v) is 8.05. The zero-order chi connectivity index (χ0) is 27.1. The van der Waals surface area contributed by atoms with E-state index in [9.17, 15) is 0 Å². The second kappa shape index (κ2) is 10.0. The Morgan fingerprint density at radius 1 is 0.550 bits per heavy atom. The van der Waals surface area contributed by atoms with Gasteiger partial charge in [-0.15, -0.1) is 0 Å². The van der Waals surface area contributed by atoms with Gasteiger partial charge in [-0.25, -0.2) is 0 Å². The van der Waals surface area contributed by atoms with Crippen LogP contribution in [0.15, 0.2) is 97.1 Å². The predicted octanol–water partition coefficient (Wildman–Crippen LogP) is 7.16. The number of hydrogen-bond donors (Lipinski definition) is 4. The van der Waals surface area contributed by atoms with Crippen LogP contribution in [-0.4, -0.2) is 57.6 Å². The first-order valence-corrected chi connectivity index (χ1v) is 14.0. The fraction of sp³-hybridized carbons (Fsp3) is 0.176. The molecule has 198 valence electrons. The van der Waals surface area contributed by atoms with Gasteiger partial charge in [0.05, 0.1) is 0 Å². The smallest absolute Gasteiger partial charge is 0.128 e. The van der Waals surface area contributed by atoms with Crippen molar-refractivity contribution >= 4 is 33.5 Å². The van der Waals surface area contributed by atoms with Gasteiger partial charge in [0.2, 0.25) is 0 Å². The lowest BCUT2D eigenvalue weighted by molar-refractivity contribution is 0.452. The summed E-state index contributed by atoms with van der Waals surface area (Å²) < 4.78 is 0. The van der Waals surface area contributed by atoms with Gasteiger partial charge in [0.15, 0.2) is 0 Å². The van der Waals surface area contributed by atoms with Crippen LogP contribution in [0.4, 0.5) is 0 Å². The monoisotopic (exact) mass is 524 g/mol. The fourth-order valence-electron chi connectivity index (χ4n) is 5.74. The fourth-order valence-corrected chi connectivity index (χ4v) is 5.74. The van der Waals surface area contributed by atoms with Crippen LogP contribution in [0.1, 0.15) is 24.0 Å². The number of aromatic amines is 2. The number of benzene rings is 3. The standard InChI is InChI=1S/C34H32N6/c35-33(39-15-3-1-4-16-39)27-13-11-25-19-29(37-31(25)21-27)23-7-9-24(10-8-23)30-20-26-12-14-28(22-32(26)38-30)34(36)40-17-5-2-6-18-40/h1-3,5,7-14,19-22,35-38H,4,6,15-18H2. The van der Waals surface area contributed by atoms with Crippen molar-refractivity contribution in [1.29, 1.82) is 10.8 Å². The Morgan fingerprint density at radius 2 is 1.00 bits per heavy atom. The highest BCUT2D eigenvalue weighted by Gasteiger charge is 2.15. The molecule has 0 radical (unpaired) electrons. The van der Waals surface area contributed by atoms with Gasteiger partial charge < -0.3 is 19.8 Å². The molecule has 2 aliphatic rings. The van der Waals surface area contributed by atoms with E-state index < -0.39 is 0 Å². The second-order valence-electron chi connectivity index (χ2n) is 10.7. The number of H-pyrrole nitrogens is 2. The van der Waals surface area contributed by atoms with Gasteiger partial charge in [-0.3, -0.25) is 10.8 Å². The number of nitrogens with zero attached hydrogens (tertiary/aromatic N) is 2. The second-order valence-corrected chi connectivity index (χ2v) is 10.7. The molecule has 0 fully saturated rings. The average molecular weight is 525 g/mol. The van der Waals surface area contributed by atoms with E-state index in [0.29, 0.717) is 11.7 Å². The Bertz CT molecular complexity index is 1670. The lowest BCUT2D eigenvalue weighted by Gasteiger charge is -2.26. The number of nitrogens with one attached hydrogen (secondary N) is 4. The maximum atomic E-state index is 8.66. The molecular weight excluding hydrogens is 492 g/mol. The highest BCUT2D eigenvalue weighted by Crippen LogP contribution is 2.30. The van der Waals surface area contributed by atoms with E-state index in [1.54, 1.807) is 0 Å². The third kappa shape index (κ3) is 4.51. The minimum atomic E-state index is 0.581. The van der Waals surface area contributed by atoms with E-state index in [2.05, 4.69) is 117 Å². The topological polar surface area (TPSA) is 85.8 Å². The summed E-state index contributed by atoms with van der Waals surface area (Å²) in [4.78, 5) is 11.4. The molecule has 0 unspecified atom stereocenters. The Kier molecular flexibility index (Phi) is 6.08. The molecule has 0 saturated carbocycles. The van der Waals surface area contributed by atoms with Gasteiger partial charge in [0.1, 0.15) is 11.7 Å². The van der Waals surface area contributed by atoms with Crippen LogP contribution in [0, 0.1) is 10.8 Å². The van der Waals surface area contributed by atoms with Gasteiger partial charge in [-0.1, -0.05) is 72.8 Å². The molecule has 0 aliphatic carbocycles. The van der Waals surface area contributed by atoms with Crippen molar-refractivity contribution < 1.29 is 0 Å². The van der Waals surface area contributed by atoms with Crippen LogP contribution in [0.3, 0.4) is 0 Å². The molecule has 40 heavy (non-hydrogen) atoms. The molecule has 0 spiro atoms. The molecular formula is C34H32N6. The van der Waals surface area contributed by atoms with Crippen molar-refractivity contribution in [3.05, 3.63) is 108 Å². The lowest BCUT2D eigenvalue weighted by atomic mass is 10.1. The zero-order valence-electron chi connectivity index (χ0n) is 22.4. The first-order chi connectivity index (χ1) is 19.6. The number of fused-ring (bicyclic) bond motifs is 2. The minimum absolute atomic E-state index is 0.581. The molecule has 4 heterocycles. The molecule has 0 saturated heterocycles. The maximum absolute atomic E-state index is 8.66. The molecule has 6 heteroatoms. The molecule has 2 aromatic heterocycles. The molecule has 6 nitrogen and oxygen atoms in total. The molecule has 0 atom stereocenters. The SMILES string of the molecule is N=C(c1ccc2cc(-c3ccc(-c4cc5ccc(C(=N)N6CC=CCC6)cc5[nH]4)cc3)[nH]c2c1)N1CC=CCC1. The Hall–Kier alpha value is -4.84. The highest BCUT2D eigenvalue weighted by atomic mass is 15.2. The van der Waals surface area contributed by atoms with Gasteiger partial charge in [0, 0.05) is 70.5 Å². The molecule has 0 amide bonds. The van der Waals surface area contributed by atoms with Crippen LogP contribution in [-0.2, 0) is 0 Å². The summed E-state index contributed by atoms with van der Waals surface area (Å²) in [5.74, 6) is 1.16. The van der Waals surface area contributed by atoms with E-state index >= 15 is 0 Å². The number of aromatic nitrogens is 2. The molecule has 2 aliphatic heterocycles. The Balaban J connectivity index is 1.11. The summed E-state index contributed by atoms with van der Waals surface area (Å²) in [6.45, 7) is 3.40. The van der Waals surface area contributed by atoms with Crippen LogP contribution in [0.25, 0.3) is 44.3 Å². The van der Waals surface area contributed by atoms with Crippen molar-refractivity contribution in [2.75, 3.05) is 26.2 Å². The van der Waals surface area contributed by atoms with E-state index in [-0.39, 0.29) is 0 Å². The summed E-state index contributed by atoms with van der Waals surface area (Å²) in [7, 11) is 0. The van der Waals surface area contributed by atoms with Crippen LogP contribution < -0.4 is 0 Å². The largest absolute Gasteiger partial charge is 0.355 e. The summed E-state index contributed by atoms with van der Waals surface area (Å²) in [6.07, 6.45) is 10.6. The van der Waals surface area contributed by atoms with Gasteiger partial charge in [-0.05, 0) is 48.2 Å². The Labute approximate surface area is 233 Å². The number of hydrogen-bond acceptors (Lipinski definition) is 2. The van der Waals surface area contributed by atoms with Gasteiger partial charge in [-0.2, -0.15) is 0 Å². The summed E-state index contributed by atoms with van der Waals surface area (Å²) in [6, 6.07) is 25.5. The molecule has 5 aromatic rings. The van der Waals surface area contributed by atoms with E-state index in [0.717, 1.165) is 94.5 Å². The van der Waals surface area contributed by atoms with Crippen molar-refractivity contribution in [3.63, 3.8) is 0 Å². The third-order valence-electron chi connectivity index (χ3n) is 8.05. The van der Waals surface area contributed by atoms with Crippen molar-refractivity contribution in [2.24, 2.45) is 0 Å². The van der Waals surface area contributed by atoms with Crippen LogP contribution >= 0.6 is 0 Å². The first-order valence-electron chi connectivity index (χ1n) is 14.0. The predicted molar refractivity (Wildman–Crippen MR) is 165 cm³/mol. The normalized spacial score (nSPS) is 15.3. The van der Waals surface area contributed by atoms with Crippen LogP contribution in [0.2, 0.25) is 0 Å². The summed E-state index contributed by atoms with van der Waals surface area (Å²) >= 11 is 0. The summed E-state index contributed by atoms with van der Waals surface area (Å²) in [5, 5.41) is 19.6. The van der Waals surface area contributed by atoms with Crippen molar-refractivity contribution in [1.82, 2.24) is 19.8 Å². The van der Waals surface area contributed by atoms with E-state index in [1.165, 1.54) is 0 Å². The van der Waals surface area contributed by atoms with Crippen molar-refractivity contribution in [3.8, 4) is 22.5 Å².